The van der Waals surface area contributed by atoms with E-state index in [9.17, 15) is 0 Å². The Hall–Kier alpha value is -6.90. The maximum atomic E-state index is 15.2. The number of azide groups is 2. The van der Waals surface area contributed by atoms with Gasteiger partial charge in [0.05, 0.1) is 38.3 Å². The van der Waals surface area contributed by atoms with Gasteiger partial charge in [-0.3, -0.25) is 0 Å². The highest BCUT2D eigenvalue weighted by atomic mass is 32.2. The molecule has 0 saturated heterocycles. The van der Waals surface area contributed by atoms with Crippen molar-refractivity contribution in [2.45, 2.75) is 30.4 Å². The lowest BCUT2D eigenvalue weighted by Gasteiger charge is -2.24. The summed E-state index contributed by atoms with van der Waals surface area (Å²) in [5, 5.41) is 20.8. The van der Waals surface area contributed by atoms with Gasteiger partial charge >= 0.3 is 0 Å². The fourth-order valence-electron chi connectivity index (χ4n) is 6.23. The minimum absolute atomic E-state index is 0.0142. The van der Waals surface area contributed by atoms with Crippen LogP contribution in [0, 0.1) is 0 Å². The van der Waals surface area contributed by atoms with Gasteiger partial charge in [-0.2, -0.15) is 9.10 Å². The molecule has 16 nitrogen and oxygen atoms in total. The number of hydrogen-bond acceptors (Lipinski definition) is 10. The molecule has 0 N–H and O–H groups in total. The quantitative estimate of drug-likeness (QED) is 0.0470. The summed E-state index contributed by atoms with van der Waals surface area (Å²) in [7, 11) is 0.450. The summed E-state index contributed by atoms with van der Waals surface area (Å²) in [4.78, 5) is 7.12. The van der Waals surface area contributed by atoms with E-state index in [0.717, 1.165) is 22.3 Å². The van der Waals surface area contributed by atoms with Gasteiger partial charge in [0.25, 0.3) is 0 Å². The highest BCUT2D eigenvalue weighted by molar-refractivity contribution is 7.89. The molecule has 6 rings (SSSR count). The second kappa shape index (κ2) is 18.6. The molecule has 0 radical (unpaired) electrons. The molecular formula is C40H39N11O5S. The molecule has 1 aromatic heterocycles. The van der Waals surface area contributed by atoms with Gasteiger partial charge in [-0.15, -0.1) is 10.2 Å². The van der Waals surface area contributed by atoms with Crippen LogP contribution in [0.5, 0.6) is 17.2 Å². The molecule has 5 aromatic carbocycles. The number of benzene rings is 5. The first-order valence-corrected chi connectivity index (χ1v) is 19.1. The van der Waals surface area contributed by atoms with E-state index in [2.05, 4.69) is 30.4 Å². The number of hydrogen-bond donors (Lipinski definition) is 0. The molecule has 57 heavy (non-hydrogen) atoms. The summed E-state index contributed by atoms with van der Waals surface area (Å²) in [6.07, 6.45) is 0. The second-order valence-corrected chi connectivity index (χ2v) is 14.7. The standard InChI is InChI=1S/C40H39N11O5S/c1-54-34-17-7-28(8-18-34)25-50(26-29-9-19-35(55-2)20-10-29)57(52,53)38-6-4-5-37(32-15-13-31(14-16-32)33(23-43-47-41)24-44-48-42)39(38)40-45-49-51(46-40)27-30-11-21-36(56-3)22-12-30/h4-22,33H,23-27H2,1-3H3. The van der Waals surface area contributed by atoms with Gasteiger partial charge in [-0.05, 0) is 98.0 Å². The van der Waals surface area contributed by atoms with Crippen LogP contribution in [-0.4, -0.2) is 67.3 Å². The van der Waals surface area contributed by atoms with Gasteiger partial charge in [0.15, 0.2) is 0 Å². The lowest BCUT2D eigenvalue weighted by Crippen LogP contribution is -2.31. The Balaban J connectivity index is 1.47. The number of tetrazole rings is 1. The zero-order valence-electron chi connectivity index (χ0n) is 31.5. The van der Waals surface area contributed by atoms with E-state index in [0.29, 0.717) is 28.4 Å². The summed E-state index contributed by atoms with van der Waals surface area (Å²) < 4.78 is 47.7. The Labute approximate surface area is 329 Å². The molecule has 1 heterocycles. The first-order chi connectivity index (χ1) is 27.8. The van der Waals surface area contributed by atoms with Crippen LogP contribution in [0.15, 0.2) is 130 Å². The zero-order chi connectivity index (χ0) is 40.2. The largest absolute Gasteiger partial charge is 0.497 e. The van der Waals surface area contributed by atoms with Crippen LogP contribution in [0.3, 0.4) is 0 Å². The van der Waals surface area contributed by atoms with Crippen molar-refractivity contribution in [3.63, 3.8) is 0 Å². The van der Waals surface area contributed by atoms with Crippen LogP contribution in [0.25, 0.3) is 43.4 Å². The summed E-state index contributed by atoms with van der Waals surface area (Å²) in [5.41, 5.74) is 22.5. The van der Waals surface area contributed by atoms with Crippen LogP contribution < -0.4 is 14.2 Å². The highest BCUT2D eigenvalue weighted by Crippen LogP contribution is 2.38. The Kier molecular flexibility index (Phi) is 13.0. The van der Waals surface area contributed by atoms with E-state index in [4.69, 9.17) is 30.4 Å². The van der Waals surface area contributed by atoms with Crippen molar-refractivity contribution in [3.05, 3.63) is 158 Å². The highest BCUT2D eigenvalue weighted by Gasteiger charge is 2.31. The molecule has 0 saturated carbocycles. The lowest BCUT2D eigenvalue weighted by atomic mass is 9.94. The van der Waals surface area contributed by atoms with Crippen LogP contribution in [0.2, 0.25) is 0 Å². The number of methoxy groups -OCH3 is 3. The Morgan fingerprint density at radius 3 is 1.70 bits per heavy atom. The number of sulfonamides is 1. The van der Waals surface area contributed by atoms with Crippen molar-refractivity contribution in [2.75, 3.05) is 34.4 Å². The van der Waals surface area contributed by atoms with Crippen molar-refractivity contribution in [3.8, 4) is 39.8 Å². The smallest absolute Gasteiger partial charge is 0.244 e. The van der Waals surface area contributed by atoms with Crippen LogP contribution in [-0.2, 0) is 29.7 Å². The van der Waals surface area contributed by atoms with Crippen molar-refractivity contribution in [2.24, 2.45) is 10.2 Å². The van der Waals surface area contributed by atoms with E-state index in [1.165, 1.54) is 9.10 Å². The van der Waals surface area contributed by atoms with E-state index >= 15 is 8.42 Å². The second-order valence-electron chi connectivity index (χ2n) is 12.8. The number of nitrogens with zero attached hydrogens (tertiary/aromatic N) is 11. The minimum atomic E-state index is -4.29. The average Bonchev–Trinajstić information content (AvgIpc) is 3.72. The van der Waals surface area contributed by atoms with E-state index in [1.807, 2.05) is 78.9 Å². The number of aromatic nitrogens is 4. The zero-order valence-corrected chi connectivity index (χ0v) is 32.3. The summed E-state index contributed by atoms with van der Waals surface area (Å²) in [6, 6.07) is 34.3. The molecule has 0 spiro atoms. The number of ether oxygens (including phenoxy) is 3. The molecule has 0 atom stereocenters. The van der Waals surface area contributed by atoms with E-state index in [1.54, 1.807) is 57.7 Å². The average molecular weight is 786 g/mol. The van der Waals surface area contributed by atoms with Gasteiger partial charge in [0.1, 0.15) is 17.2 Å². The first kappa shape index (κ1) is 39.8. The third kappa shape index (κ3) is 9.68. The van der Waals surface area contributed by atoms with Crippen LogP contribution in [0.4, 0.5) is 0 Å². The molecule has 0 fully saturated rings. The molecule has 0 aliphatic carbocycles. The van der Waals surface area contributed by atoms with Gasteiger partial charge in [0.2, 0.25) is 15.8 Å². The fourth-order valence-corrected chi connectivity index (χ4v) is 7.86. The van der Waals surface area contributed by atoms with Gasteiger partial charge in [-0.25, -0.2) is 8.42 Å². The topological polar surface area (TPSA) is 206 Å². The summed E-state index contributed by atoms with van der Waals surface area (Å²) in [5.74, 6) is 1.75. The molecule has 290 valence electrons. The van der Waals surface area contributed by atoms with E-state index in [-0.39, 0.29) is 54.9 Å². The number of rotatable bonds is 18. The Morgan fingerprint density at radius 1 is 0.702 bits per heavy atom. The van der Waals surface area contributed by atoms with Gasteiger partial charge in [-0.1, -0.05) is 83.0 Å². The molecule has 0 bridgehead atoms. The normalized spacial score (nSPS) is 11.6. The summed E-state index contributed by atoms with van der Waals surface area (Å²) >= 11 is 0. The summed E-state index contributed by atoms with van der Waals surface area (Å²) in [6.45, 7) is 0.549. The van der Waals surface area contributed by atoms with Crippen molar-refractivity contribution in [1.29, 1.82) is 0 Å². The molecule has 0 unspecified atom stereocenters. The van der Waals surface area contributed by atoms with Gasteiger partial charge < -0.3 is 14.2 Å². The minimum Gasteiger partial charge on any atom is -0.497 e. The molecule has 0 aliphatic heterocycles. The molecular weight excluding hydrogens is 747 g/mol. The van der Waals surface area contributed by atoms with Crippen molar-refractivity contribution in [1.82, 2.24) is 24.5 Å². The SMILES string of the molecule is COc1ccc(CN(Cc2ccc(OC)cc2)S(=O)(=O)c2cccc(-c3ccc(C(CN=[N+]=[N-])CN=[N+]=[N-])cc3)c2-c2nnn(Cc3ccc(OC)cc3)n2)cc1. The third-order valence-electron chi connectivity index (χ3n) is 9.26. The maximum absolute atomic E-state index is 15.2. The monoisotopic (exact) mass is 785 g/mol. The first-order valence-electron chi connectivity index (χ1n) is 17.7. The van der Waals surface area contributed by atoms with Crippen molar-refractivity contribution < 1.29 is 22.6 Å². The Morgan fingerprint density at radius 2 is 1.21 bits per heavy atom. The predicted molar refractivity (Wildman–Crippen MR) is 214 cm³/mol. The predicted octanol–water partition coefficient (Wildman–Crippen LogP) is 8.18. The molecule has 0 aliphatic rings. The van der Waals surface area contributed by atoms with E-state index < -0.39 is 10.0 Å². The molecule has 6 aromatic rings. The third-order valence-corrected chi connectivity index (χ3v) is 11.1. The molecule has 17 heteroatoms. The van der Waals surface area contributed by atoms with Crippen molar-refractivity contribution >= 4 is 10.0 Å². The van der Waals surface area contributed by atoms with Crippen LogP contribution >= 0.6 is 0 Å². The molecule has 0 amide bonds. The lowest BCUT2D eigenvalue weighted by molar-refractivity contribution is 0.398. The van der Waals surface area contributed by atoms with Gasteiger partial charge in [0, 0.05) is 36.0 Å². The maximum Gasteiger partial charge on any atom is 0.244 e. The fraction of sp³-hybridized carbons (Fsp3) is 0.225. The Bertz CT molecular complexity index is 2410. The van der Waals surface area contributed by atoms with Crippen LogP contribution in [0.1, 0.15) is 28.2 Å².